The number of amides is 1. The Morgan fingerprint density at radius 1 is 1.04 bits per heavy atom. The summed E-state index contributed by atoms with van der Waals surface area (Å²) in [4.78, 5) is 21.5. The third kappa shape index (κ3) is 3.55. The molecule has 28 heavy (non-hydrogen) atoms. The Morgan fingerprint density at radius 2 is 1.79 bits per heavy atom. The Balaban J connectivity index is 1.46. The summed E-state index contributed by atoms with van der Waals surface area (Å²) in [6, 6.07) is 15.4. The minimum absolute atomic E-state index is 0.00966. The topological polar surface area (TPSA) is 63.5 Å². The Hall–Kier alpha value is -3.35. The molecule has 0 spiro atoms. The van der Waals surface area contributed by atoms with E-state index < -0.39 is 0 Å². The molecule has 0 N–H and O–H groups in total. The summed E-state index contributed by atoms with van der Waals surface area (Å²) in [7, 11) is 3.45. The summed E-state index contributed by atoms with van der Waals surface area (Å²) < 4.78 is 6.86. The first-order valence-corrected chi connectivity index (χ1v) is 9.29. The highest BCUT2D eigenvalue weighted by atomic mass is 16.5. The van der Waals surface area contributed by atoms with Crippen LogP contribution < -0.4 is 9.64 Å². The van der Waals surface area contributed by atoms with Crippen LogP contribution in [0.5, 0.6) is 5.75 Å². The number of carbonyl (C=O) groups excluding carboxylic acids is 1. The number of anilines is 1. The predicted octanol–water partition coefficient (Wildman–Crippen LogP) is 2.45. The van der Waals surface area contributed by atoms with E-state index in [1.807, 2.05) is 60.5 Å². The summed E-state index contributed by atoms with van der Waals surface area (Å²) >= 11 is 0. The molecule has 0 bridgehead atoms. The second-order valence-electron chi connectivity index (χ2n) is 6.73. The Kier molecular flexibility index (Phi) is 4.97. The van der Waals surface area contributed by atoms with Crippen LogP contribution in [0, 0.1) is 0 Å². The molecule has 0 aliphatic carbocycles. The minimum atomic E-state index is 0.00966. The fourth-order valence-corrected chi connectivity index (χ4v) is 3.41. The zero-order valence-electron chi connectivity index (χ0n) is 16.1. The number of aromatic nitrogens is 3. The average molecular weight is 377 g/mol. The molecule has 0 atom stereocenters. The molecule has 3 heterocycles. The van der Waals surface area contributed by atoms with Crippen molar-refractivity contribution in [3.8, 4) is 17.0 Å². The first-order chi connectivity index (χ1) is 13.7. The zero-order valence-corrected chi connectivity index (χ0v) is 16.1. The molecular formula is C21H23N5O2. The lowest BCUT2D eigenvalue weighted by Crippen LogP contribution is -2.49. The number of benzene rings is 1. The standard InChI is InChI=1S/C21H23N5O2/c1-24-19(15-18(23-24)16-6-8-17(28-2)9-7-16)21(27)26-13-11-25(12-14-26)20-5-3-4-10-22-20/h3-10,15H,11-14H2,1-2H3. The highest BCUT2D eigenvalue weighted by Crippen LogP contribution is 2.23. The van der Waals surface area contributed by atoms with Gasteiger partial charge in [-0.05, 0) is 42.5 Å². The van der Waals surface area contributed by atoms with Gasteiger partial charge >= 0.3 is 0 Å². The Bertz CT molecular complexity index is 945. The van der Waals surface area contributed by atoms with Crippen LogP contribution in [0.4, 0.5) is 5.82 Å². The van der Waals surface area contributed by atoms with Crippen molar-refractivity contribution in [1.82, 2.24) is 19.7 Å². The molecule has 1 aliphatic heterocycles. The fourth-order valence-electron chi connectivity index (χ4n) is 3.41. The highest BCUT2D eigenvalue weighted by Gasteiger charge is 2.25. The monoisotopic (exact) mass is 377 g/mol. The summed E-state index contributed by atoms with van der Waals surface area (Å²) in [6.45, 7) is 2.87. The number of rotatable bonds is 4. The number of nitrogens with zero attached hydrogens (tertiary/aromatic N) is 5. The molecule has 4 rings (SSSR count). The summed E-state index contributed by atoms with van der Waals surface area (Å²) in [5.74, 6) is 1.76. The van der Waals surface area contributed by atoms with Crippen LogP contribution in [-0.2, 0) is 7.05 Å². The number of carbonyl (C=O) groups is 1. The third-order valence-electron chi connectivity index (χ3n) is 5.02. The maximum absolute atomic E-state index is 13.0. The van der Waals surface area contributed by atoms with E-state index in [2.05, 4.69) is 15.0 Å². The van der Waals surface area contributed by atoms with E-state index in [0.717, 1.165) is 35.9 Å². The average Bonchev–Trinajstić information content (AvgIpc) is 3.15. The van der Waals surface area contributed by atoms with E-state index in [4.69, 9.17) is 4.74 Å². The molecule has 0 unspecified atom stereocenters. The molecule has 1 fully saturated rings. The molecular weight excluding hydrogens is 354 g/mol. The quantitative estimate of drug-likeness (QED) is 0.699. The van der Waals surface area contributed by atoms with Crippen LogP contribution in [0.25, 0.3) is 11.3 Å². The number of methoxy groups -OCH3 is 1. The van der Waals surface area contributed by atoms with Crippen molar-refractivity contribution in [3.63, 3.8) is 0 Å². The van der Waals surface area contributed by atoms with Gasteiger partial charge < -0.3 is 14.5 Å². The van der Waals surface area contributed by atoms with Crippen LogP contribution in [0.1, 0.15) is 10.5 Å². The van der Waals surface area contributed by atoms with Crippen LogP contribution >= 0.6 is 0 Å². The van der Waals surface area contributed by atoms with Gasteiger partial charge in [0, 0.05) is 45.0 Å². The Labute approximate surface area is 164 Å². The van der Waals surface area contributed by atoms with Gasteiger partial charge in [0.1, 0.15) is 17.3 Å². The number of pyridine rings is 1. The molecule has 1 amide bonds. The number of piperazine rings is 1. The van der Waals surface area contributed by atoms with Crippen molar-refractivity contribution in [2.24, 2.45) is 7.05 Å². The SMILES string of the molecule is COc1ccc(-c2cc(C(=O)N3CCN(c4ccccn4)CC3)n(C)n2)cc1. The van der Waals surface area contributed by atoms with Gasteiger partial charge in [-0.15, -0.1) is 0 Å². The number of aryl methyl sites for hydroxylation is 1. The number of hydrogen-bond donors (Lipinski definition) is 0. The van der Waals surface area contributed by atoms with E-state index >= 15 is 0 Å². The van der Waals surface area contributed by atoms with Gasteiger partial charge in [-0.25, -0.2) is 4.98 Å². The van der Waals surface area contributed by atoms with E-state index in [1.54, 1.807) is 18.0 Å². The van der Waals surface area contributed by atoms with Gasteiger partial charge in [0.15, 0.2) is 0 Å². The van der Waals surface area contributed by atoms with Gasteiger partial charge in [-0.2, -0.15) is 5.10 Å². The largest absolute Gasteiger partial charge is 0.497 e. The van der Waals surface area contributed by atoms with Crippen LogP contribution in [0.3, 0.4) is 0 Å². The van der Waals surface area contributed by atoms with Crippen molar-refractivity contribution in [1.29, 1.82) is 0 Å². The van der Waals surface area contributed by atoms with E-state index in [0.29, 0.717) is 18.8 Å². The van der Waals surface area contributed by atoms with Crippen LogP contribution in [0.2, 0.25) is 0 Å². The smallest absolute Gasteiger partial charge is 0.272 e. The van der Waals surface area contributed by atoms with Crippen molar-refractivity contribution in [3.05, 3.63) is 60.4 Å². The molecule has 1 aromatic carbocycles. The zero-order chi connectivity index (χ0) is 19.5. The summed E-state index contributed by atoms with van der Waals surface area (Å²) in [5, 5.41) is 4.52. The second-order valence-corrected chi connectivity index (χ2v) is 6.73. The lowest BCUT2D eigenvalue weighted by Gasteiger charge is -2.35. The van der Waals surface area contributed by atoms with Crippen molar-refractivity contribution < 1.29 is 9.53 Å². The Morgan fingerprint density at radius 3 is 2.43 bits per heavy atom. The normalized spacial score (nSPS) is 14.2. The van der Waals surface area contributed by atoms with E-state index in [-0.39, 0.29) is 5.91 Å². The van der Waals surface area contributed by atoms with Crippen molar-refractivity contribution >= 4 is 11.7 Å². The number of ether oxygens (including phenoxy) is 1. The van der Waals surface area contributed by atoms with E-state index in [1.165, 1.54) is 0 Å². The summed E-state index contributed by atoms with van der Waals surface area (Å²) in [5.41, 5.74) is 2.33. The first-order valence-electron chi connectivity index (χ1n) is 9.29. The highest BCUT2D eigenvalue weighted by molar-refractivity contribution is 5.94. The van der Waals surface area contributed by atoms with Crippen molar-refractivity contribution in [2.45, 2.75) is 0 Å². The summed E-state index contributed by atoms with van der Waals surface area (Å²) in [6.07, 6.45) is 1.79. The van der Waals surface area contributed by atoms with Crippen molar-refractivity contribution in [2.75, 3.05) is 38.2 Å². The molecule has 0 saturated carbocycles. The molecule has 144 valence electrons. The molecule has 3 aromatic rings. The van der Waals surface area contributed by atoms with Gasteiger partial charge in [-0.3, -0.25) is 9.48 Å². The van der Waals surface area contributed by atoms with Crippen LogP contribution in [0.15, 0.2) is 54.7 Å². The molecule has 2 aromatic heterocycles. The fraction of sp³-hybridized carbons (Fsp3) is 0.286. The first kappa shape index (κ1) is 18.0. The third-order valence-corrected chi connectivity index (χ3v) is 5.02. The lowest BCUT2D eigenvalue weighted by atomic mass is 10.1. The molecule has 1 saturated heterocycles. The molecule has 7 heteroatoms. The lowest BCUT2D eigenvalue weighted by molar-refractivity contribution is 0.0735. The maximum atomic E-state index is 13.0. The van der Waals surface area contributed by atoms with Crippen LogP contribution in [-0.4, -0.2) is 58.9 Å². The van der Waals surface area contributed by atoms with E-state index in [9.17, 15) is 4.79 Å². The molecule has 0 radical (unpaired) electrons. The molecule has 1 aliphatic rings. The maximum Gasteiger partial charge on any atom is 0.272 e. The molecule has 7 nitrogen and oxygen atoms in total. The van der Waals surface area contributed by atoms with Gasteiger partial charge in [-0.1, -0.05) is 6.07 Å². The predicted molar refractivity (Wildman–Crippen MR) is 108 cm³/mol. The van der Waals surface area contributed by atoms with Gasteiger partial charge in [0.05, 0.1) is 12.8 Å². The number of hydrogen-bond acceptors (Lipinski definition) is 5. The van der Waals surface area contributed by atoms with Gasteiger partial charge in [0.25, 0.3) is 5.91 Å². The second kappa shape index (κ2) is 7.72. The van der Waals surface area contributed by atoms with Gasteiger partial charge in [0.2, 0.25) is 0 Å². The minimum Gasteiger partial charge on any atom is -0.497 e.